The van der Waals surface area contributed by atoms with Gasteiger partial charge in [0.1, 0.15) is 5.78 Å². The summed E-state index contributed by atoms with van der Waals surface area (Å²) in [6, 6.07) is 20.8. The molecular formula is C18H25NO. The van der Waals surface area contributed by atoms with E-state index in [0.29, 0.717) is 0 Å². The summed E-state index contributed by atoms with van der Waals surface area (Å²) >= 11 is 0. The summed E-state index contributed by atoms with van der Waals surface area (Å²) in [5, 5.41) is 2.93. The van der Waals surface area contributed by atoms with Crippen molar-refractivity contribution in [2.24, 2.45) is 0 Å². The first-order valence-corrected chi connectivity index (χ1v) is 6.84. The van der Waals surface area contributed by atoms with E-state index in [1.165, 1.54) is 25.0 Å². The first-order chi connectivity index (χ1) is 9.61. The van der Waals surface area contributed by atoms with Gasteiger partial charge in [0, 0.05) is 0 Å². The second kappa shape index (κ2) is 12.1. The van der Waals surface area contributed by atoms with Crippen molar-refractivity contribution in [3.63, 3.8) is 0 Å². The molecule has 0 bridgehead atoms. The Morgan fingerprint density at radius 1 is 0.850 bits per heavy atom. The van der Waals surface area contributed by atoms with Crippen molar-refractivity contribution in [3.05, 3.63) is 60.7 Å². The number of carbonyl (C=O) groups excluding carboxylic acids is 1. The zero-order valence-corrected chi connectivity index (χ0v) is 12.9. The fourth-order valence-electron chi connectivity index (χ4n) is 1.26. The number of nitrogens with one attached hydrogen (secondary N) is 1. The zero-order chi connectivity index (χ0) is 15.2. The van der Waals surface area contributed by atoms with Gasteiger partial charge in [0.2, 0.25) is 0 Å². The lowest BCUT2D eigenvalue weighted by Crippen LogP contribution is -2.01. The van der Waals surface area contributed by atoms with Gasteiger partial charge in [-0.1, -0.05) is 67.6 Å². The van der Waals surface area contributed by atoms with Crippen LogP contribution in [0.5, 0.6) is 0 Å². The minimum atomic E-state index is 0.167. The molecule has 0 spiro atoms. The van der Waals surface area contributed by atoms with Crippen LogP contribution in [0.3, 0.4) is 0 Å². The van der Waals surface area contributed by atoms with Crippen LogP contribution in [-0.2, 0) is 4.79 Å². The van der Waals surface area contributed by atoms with Crippen LogP contribution in [0.25, 0.3) is 11.1 Å². The average Bonchev–Trinajstić information content (AvgIpc) is 2.49. The van der Waals surface area contributed by atoms with Crippen LogP contribution < -0.4 is 5.32 Å². The van der Waals surface area contributed by atoms with Crippen LogP contribution >= 0.6 is 0 Å². The Morgan fingerprint density at radius 3 is 1.30 bits per heavy atom. The second-order valence-electron chi connectivity index (χ2n) is 4.35. The fourth-order valence-corrected chi connectivity index (χ4v) is 1.26. The molecule has 0 aromatic heterocycles. The molecule has 2 aromatic rings. The van der Waals surface area contributed by atoms with Gasteiger partial charge in [-0.15, -0.1) is 0 Å². The molecule has 0 aliphatic carbocycles. The first-order valence-electron chi connectivity index (χ1n) is 6.84. The van der Waals surface area contributed by atoms with Crippen LogP contribution in [0.4, 0.5) is 0 Å². The molecule has 108 valence electrons. The van der Waals surface area contributed by atoms with E-state index in [0.717, 1.165) is 6.54 Å². The van der Waals surface area contributed by atoms with E-state index < -0.39 is 0 Å². The highest BCUT2D eigenvalue weighted by Crippen LogP contribution is 2.17. The smallest absolute Gasteiger partial charge is 0.126 e. The Morgan fingerprint density at radius 2 is 1.10 bits per heavy atom. The number of benzene rings is 2. The normalized spacial score (nSPS) is 8.60. The highest BCUT2D eigenvalue weighted by atomic mass is 16.1. The quantitative estimate of drug-likeness (QED) is 0.888. The Kier molecular flexibility index (Phi) is 11.0. The molecule has 0 radical (unpaired) electrons. The van der Waals surface area contributed by atoms with Crippen molar-refractivity contribution in [2.45, 2.75) is 20.8 Å². The summed E-state index contributed by atoms with van der Waals surface area (Å²) in [7, 11) is 1.93. The van der Waals surface area contributed by atoms with Gasteiger partial charge >= 0.3 is 0 Å². The monoisotopic (exact) mass is 271 g/mol. The molecule has 0 atom stereocenters. The third-order valence-electron chi connectivity index (χ3n) is 2.23. The molecule has 1 N–H and O–H groups in total. The highest BCUT2D eigenvalue weighted by molar-refractivity contribution is 5.72. The second-order valence-corrected chi connectivity index (χ2v) is 4.35. The van der Waals surface area contributed by atoms with Crippen molar-refractivity contribution >= 4 is 5.78 Å². The summed E-state index contributed by atoms with van der Waals surface area (Å²) in [6.45, 7) is 6.19. The van der Waals surface area contributed by atoms with Crippen LogP contribution in [0.15, 0.2) is 60.7 Å². The van der Waals surface area contributed by atoms with Crippen molar-refractivity contribution in [1.29, 1.82) is 0 Å². The van der Waals surface area contributed by atoms with E-state index >= 15 is 0 Å². The van der Waals surface area contributed by atoms with Crippen molar-refractivity contribution in [3.8, 4) is 11.1 Å². The molecule has 0 amide bonds. The number of ketones is 1. The Labute approximate surface area is 122 Å². The predicted molar refractivity (Wildman–Crippen MR) is 87.8 cm³/mol. The largest absolute Gasteiger partial charge is 0.320 e. The van der Waals surface area contributed by atoms with Crippen LogP contribution in [-0.4, -0.2) is 19.4 Å². The molecule has 0 saturated heterocycles. The summed E-state index contributed by atoms with van der Waals surface area (Å²) in [5.74, 6) is 0.167. The SMILES string of the molecule is CC(C)=O.CCNC.c1ccc(-c2ccccc2)cc1. The maximum atomic E-state index is 9.44. The van der Waals surface area contributed by atoms with E-state index in [1.807, 2.05) is 19.2 Å². The van der Waals surface area contributed by atoms with E-state index in [-0.39, 0.29) is 5.78 Å². The Hall–Kier alpha value is -1.93. The third-order valence-corrected chi connectivity index (χ3v) is 2.23. The minimum absolute atomic E-state index is 0.167. The molecule has 0 unspecified atom stereocenters. The topological polar surface area (TPSA) is 29.1 Å². The van der Waals surface area contributed by atoms with E-state index in [1.54, 1.807) is 0 Å². The number of hydrogen-bond donors (Lipinski definition) is 1. The number of Topliss-reactive ketones (excluding diaryl/α,β-unsaturated/α-hetero) is 1. The third kappa shape index (κ3) is 10.0. The molecule has 2 heteroatoms. The maximum absolute atomic E-state index is 9.44. The molecule has 0 fully saturated rings. The standard InChI is InChI=1S/C12H10.C3H9N.C3H6O/c1-3-7-11(8-4-1)12-9-5-2-6-10-12;1-3-4-2;1-3(2)4/h1-10H;4H,3H2,1-2H3;1-2H3. The Bertz CT molecular complexity index is 408. The zero-order valence-electron chi connectivity index (χ0n) is 12.9. The van der Waals surface area contributed by atoms with Crippen molar-refractivity contribution in [2.75, 3.05) is 13.6 Å². The van der Waals surface area contributed by atoms with E-state index in [9.17, 15) is 4.79 Å². The summed E-state index contributed by atoms with van der Waals surface area (Å²) in [4.78, 5) is 9.44. The van der Waals surface area contributed by atoms with Crippen LogP contribution in [0.2, 0.25) is 0 Å². The first kappa shape index (κ1) is 18.1. The molecule has 20 heavy (non-hydrogen) atoms. The van der Waals surface area contributed by atoms with Crippen LogP contribution in [0.1, 0.15) is 20.8 Å². The number of carbonyl (C=O) groups is 1. The summed E-state index contributed by atoms with van der Waals surface area (Å²) < 4.78 is 0. The van der Waals surface area contributed by atoms with Gasteiger partial charge in [0.25, 0.3) is 0 Å². The lowest BCUT2D eigenvalue weighted by molar-refractivity contribution is -0.114. The molecule has 2 aromatic carbocycles. The highest BCUT2D eigenvalue weighted by Gasteiger charge is 1.91. The molecule has 0 heterocycles. The number of rotatable bonds is 2. The molecule has 0 saturated carbocycles. The molecule has 2 rings (SSSR count). The van der Waals surface area contributed by atoms with Gasteiger partial charge in [0.05, 0.1) is 0 Å². The molecule has 2 nitrogen and oxygen atoms in total. The molecule has 0 aliphatic rings. The lowest BCUT2D eigenvalue weighted by atomic mass is 10.1. The molecule has 0 aliphatic heterocycles. The predicted octanol–water partition coefficient (Wildman–Crippen LogP) is 4.17. The van der Waals surface area contributed by atoms with Crippen molar-refractivity contribution < 1.29 is 4.79 Å². The summed E-state index contributed by atoms with van der Waals surface area (Å²) in [5.41, 5.74) is 2.55. The Balaban J connectivity index is 0.000000380. The van der Waals surface area contributed by atoms with Gasteiger partial charge in [-0.25, -0.2) is 0 Å². The van der Waals surface area contributed by atoms with Crippen LogP contribution in [0, 0.1) is 0 Å². The lowest BCUT2D eigenvalue weighted by Gasteiger charge is -1.98. The van der Waals surface area contributed by atoms with Gasteiger partial charge < -0.3 is 10.1 Å². The average molecular weight is 271 g/mol. The van der Waals surface area contributed by atoms with Gasteiger partial charge in [-0.2, -0.15) is 0 Å². The minimum Gasteiger partial charge on any atom is -0.320 e. The fraction of sp³-hybridized carbons (Fsp3) is 0.278. The van der Waals surface area contributed by atoms with E-state index in [2.05, 4.69) is 60.8 Å². The summed E-state index contributed by atoms with van der Waals surface area (Å²) in [6.07, 6.45) is 0. The molecular weight excluding hydrogens is 246 g/mol. The van der Waals surface area contributed by atoms with E-state index in [4.69, 9.17) is 0 Å². The number of hydrogen-bond acceptors (Lipinski definition) is 2. The van der Waals surface area contributed by atoms with Gasteiger partial charge in [-0.3, -0.25) is 0 Å². The maximum Gasteiger partial charge on any atom is 0.126 e. The van der Waals surface area contributed by atoms with Gasteiger partial charge in [-0.05, 0) is 38.6 Å². The van der Waals surface area contributed by atoms with Gasteiger partial charge in [0.15, 0.2) is 0 Å². The van der Waals surface area contributed by atoms with Crippen molar-refractivity contribution in [1.82, 2.24) is 5.32 Å².